The molecule has 4 rings (SSSR count). The number of fused-ring (bicyclic) bond motifs is 2. The van der Waals surface area contributed by atoms with Crippen LogP contribution in [0.1, 0.15) is 22.3 Å². The normalized spacial score (nSPS) is 13.9. The van der Waals surface area contributed by atoms with Gasteiger partial charge in [-0.3, -0.25) is 4.79 Å². The molecule has 0 spiro atoms. The molecule has 1 amide bonds. The minimum atomic E-state index is 0.0682. The molecule has 0 fully saturated rings. The van der Waals surface area contributed by atoms with Crippen LogP contribution in [-0.4, -0.2) is 51.8 Å². The minimum Gasteiger partial charge on any atom is -0.493 e. The van der Waals surface area contributed by atoms with Gasteiger partial charge in [-0.1, -0.05) is 6.07 Å². The maximum Gasteiger partial charge on any atom is 0.226 e. The van der Waals surface area contributed by atoms with Crippen molar-refractivity contribution in [3.05, 3.63) is 46.5 Å². The van der Waals surface area contributed by atoms with Gasteiger partial charge < -0.3 is 23.8 Å². The van der Waals surface area contributed by atoms with Crippen molar-refractivity contribution in [3.63, 3.8) is 0 Å². The van der Waals surface area contributed by atoms with Gasteiger partial charge in [0.25, 0.3) is 0 Å². The zero-order valence-corrected chi connectivity index (χ0v) is 17.2. The molecule has 0 unspecified atom stereocenters. The second-order valence-electron chi connectivity index (χ2n) is 7.45. The molecule has 2 aromatic carbocycles. The number of carbonyl (C=O) groups excluding carboxylic acids is 1. The smallest absolute Gasteiger partial charge is 0.226 e. The number of rotatable bonds is 7. The third kappa shape index (κ3) is 3.84. The van der Waals surface area contributed by atoms with Gasteiger partial charge in [0.2, 0.25) is 5.91 Å². The van der Waals surface area contributed by atoms with E-state index in [2.05, 4.69) is 6.07 Å². The van der Waals surface area contributed by atoms with E-state index in [4.69, 9.17) is 18.9 Å². The Bertz CT molecular complexity index is 892. The van der Waals surface area contributed by atoms with E-state index in [1.165, 1.54) is 16.7 Å². The molecule has 2 aliphatic heterocycles. The monoisotopic (exact) mass is 397 g/mol. The van der Waals surface area contributed by atoms with Crippen LogP contribution in [0.2, 0.25) is 0 Å². The fourth-order valence-electron chi connectivity index (χ4n) is 4.05. The van der Waals surface area contributed by atoms with Crippen LogP contribution in [0.5, 0.6) is 23.0 Å². The van der Waals surface area contributed by atoms with Crippen molar-refractivity contribution in [1.82, 2.24) is 4.90 Å². The first kappa shape index (κ1) is 19.4. The largest absolute Gasteiger partial charge is 0.493 e. The van der Waals surface area contributed by atoms with Crippen LogP contribution >= 0.6 is 0 Å². The number of methoxy groups -OCH3 is 2. The first-order valence-electron chi connectivity index (χ1n) is 9.98. The summed E-state index contributed by atoms with van der Waals surface area (Å²) in [5, 5.41) is 0. The van der Waals surface area contributed by atoms with E-state index in [0.717, 1.165) is 49.5 Å². The molecule has 29 heavy (non-hydrogen) atoms. The lowest BCUT2D eigenvalue weighted by atomic mass is 9.97. The number of amides is 1. The lowest BCUT2D eigenvalue weighted by Gasteiger charge is -2.20. The molecule has 0 aliphatic carbocycles. The number of hydrogen-bond acceptors (Lipinski definition) is 5. The van der Waals surface area contributed by atoms with Crippen LogP contribution in [0.15, 0.2) is 24.3 Å². The van der Waals surface area contributed by atoms with E-state index in [-0.39, 0.29) is 5.91 Å². The van der Waals surface area contributed by atoms with Gasteiger partial charge in [-0.25, -0.2) is 0 Å². The van der Waals surface area contributed by atoms with Gasteiger partial charge in [-0.05, 0) is 30.2 Å². The van der Waals surface area contributed by atoms with Crippen molar-refractivity contribution in [3.8, 4) is 23.0 Å². The third-order valence-electron chi connectivity index (χ3n) is 5.69. The molecule has 0 bridgehead atoms. The van der Waals surface area contributed by atoms with E-state index >= 15 is 0 Å². The van der Waals surface area contributed by atoms with Crippen molar-refractivity contribution in [2.75, 3.05) is 41.0 Å². The molecule has 0 radical (unpaired) electrons. The van der Waals surface area contributed by atoms with Gasteiger partial charge in [0.1, 0.15) is 11.5 Å². The number of likely N-dealkylation sites (N-methyl/N-ethyl adjacent to an activating group) is 1. The standard InChI is InChI=1S/C23H27NO5/c1-24(22(25)13-15-4-5-19(26-2)21(12-15)27-3)9-6-18-17-8-11-28-20(17)14-16-7-10-29-23(16)18/h4-5,12,14H,6-11,13H2,1-3H3. The Labute approximate surface area is 171 Å². The third-order valence-corrected chi connectivity index (χ3v) is 5.69. The maximum absolute atomic E-state index is 12.8. The Morgan fingerprint density at radius 3 is 2.66 bits per heavy atom. The van der Waals surface area contributed by atoms with Crippen LogP contribution in [0, 0.1) is 0 Å². The highest BCUT2D eigenvalue weighted by Gasteiger charge is 2.26. The van der Waals surface area contributed by atoms with Crippen LogP contribution in [0.3, 0.4) is 0 Å². The van der Waals surface area contributed by atoms with E-state index in [0.29, 0.717) is 24.5 Å². The van der Waals surface area contributed by atoms with Crippen molar-refractivity contribution < 1.29 is 23.7 Å². The summed E-state index contributed by atoms with van der Waals surface area (Å²) in [4.78, 5) is 14.5. The Balaban J connectivity index is 1.43. The zero-order chi connectivity index (χ0) is 20.4. The van der Waals surface area contributed by atoms with Crippen molar-refractivity contribution in [2.45, 2.75) is 25.7 Å². The van der Waals surface area contributed by atoms with Crippen molar-refractivity contribution >= 4 is 5.91 Å². The van der Waals surface area contributed by atoms with Crippen LogP contribution < -0.4 is 18.9 Å². The number of carbonyl (C=O) groups is 1. The average molecular weight is 397 g/mol. The van der Waals surface area contributed by atoms with E-state index < -0.39 is 0 Å². The first-order valence-corrected chi connectivity index (χ1v) is 9.98. The lowest BCUT2D eigenvalue weighted by molar-refractivity contribution is -0.129. The molecule has 2 aromatic rings. The molecule has 0 aromatic heterocycles. The average Bonchev–Trinajstić information content (AvgIpc) is 3.39. The highest BCUT2D eigenvalue weighted by molar-refractivity contribution is 5.78. The summed E-state index contributed by atoms with van der Waals surface area (Å²) in [6.07, 6.45) is 2.92. The predicted molar refractivity (Wildman–Crippen MR) is 109 cm³/mol. The Morgan fingerprint density at radius 1 is 1.07 bits per heavy atom. The zero-order valence-electron chi connectivity index (χ0n) is 17.2. The van der Waals surface area contributed by atoms with Gasteiger partial charge in [-0.15, -0.1) is 0 Å². The molecule has 0 N–H and O–H groups in total. The van der Waals surface area contributed by atoms with E-state index in [1.54, 1.807) is 19.1 Å². The van der Waals surface area contributed by atoms with Crippen molar-refractivity contribution in [2.24, 2.45) is 0 Å². The number of benzene rings is 2. The van der Waals surface area contributed by atoms with E-state index in [1.807, 2.05) is 25.2 Å². The summed E-state index contributed by atoms with van der Waals surface area (Å²) in [6, 6.07) is 7.71. The molecule has 2 aliphatic rings. The summed E-state index contributed by atoms with van der Waals surface area (Å²) in [6.45, 7) is 2.08. The van der Waals surface area contributed by atoms with Gasteiger partial charge >= 0.3 is 0 Å². The summed E-state index contributed by atoms with van der Waals surface area (Å²) in [5.41, 5.74) is 4.57. The highest BCUT2D eigenvalue weighted by Crippen LogP contribution is 2.40. The fourth-order valence-corrected chi connectivity index (χ4v) is 4.05. The topological polar surface area (TPSA) is 57.2 Å². The summed E-state index contributed by atoms with van der Waals surface area (Å²) >= 11 is 0. The second kappa shape index (κ2) is 8.23. The van der Waals surface area contributed by atoms with Gasteiger partial charge in [0.15, 0.2) is 11.5 Å². The molecule has 2 heterocycles. The number of ether oxygens (including phenoxy) is 4. The van der Waals surface area contributed by atoms with Gasteiger partial charge in [0, 0.05) is 43.1 Å². The summed E-state index contributed by atoms with van der Waals surface area (Å²) in [5.74, 6) is 3.36. The predicted octanol–water partition coefficient (Wildman–Crippen LogP) is 2.82. The van der Waals surface area contributed by atoms with Crippen molar-refractivity contribution in [1.29, 1.82) is 0 Å². The highest BCUT2D eigenvalue weighted by atomic mass is 16.5. The summed E-state index contributed by atoms with van der Waals surface area (Å²) < 4.78 is 22.3. The van der Waals surface area contributed by atoms with E-state index in [9.17, 15) is 4.79 Å². The van der Waals surface area contributed by atoms with Crippen LogP contribution in [0.4, 0.5) is 0 Å². The molecule has 0 saturated carbocycles. The Morgan fingerprint density at radius 2 is 1.86 bits per heavy atom. The lowest BCUT2D eigenvalue weighted by Crippen LogP contribution is -2.30. The molecular weight excluding hydrogens is 370 g/mol. The SMILES string of the molecule is COc1ccc(CC(=O)N(C)CCc2c3c(cc4c2OCC4)OCC3)cc1OC. The molecule has 154 valence electrons. The molecule has 0 atom stereocenters. The molecule has 0 saturated heterocycles. The molecule has 6 heteroatoms. The Kier molecular flexibility index (Phi) is 5.51. The summed E-state index contributed by atoms with van der Waals surface area (Å²) in [7, 11) is 5.05. The van der Waals surface area contributed by atoms with Gasteiger partial charge in [0.05, 0.1) is 33.9 Å². The Hall–Kier alpha value is -2.89. The van der Waals surface area contributed by atoms with Gasteiger partial charge in [-0.2, -0.15) is 0 Å². The first-order chi connectivity index (χ1) is 14.1. The molecular formula is C23H27NO5. The fraction of sp³-hybridized carbons (Fsp3) is 0.435. The minimum absolute atomic E-state index is 0.0682. The molecule has 6 nitrogen and oxygen atoms in total. The van der Waals surface area contributed by atoms with Crippen LogP contribution in [0.25, 0.3) is 0 Å². The number of hydrogen-bond donors (Lipinski definition) is 0. The maximum atomic E-state index is 12.8. The van der Waals surface area contributed by atoms with Crippen LogP contribution in [-0.2, 0) is 30.5 Å². The quantitative estimate of drug-likeness (QED) is 0.719. The number of nitrogens with zero attached hydrogens (tertiary/aromatic N) is 1. The second-order valence-corrected chi connectivity index (χ2v) is 7.45.